The highest BCUT2D eigenvalue weighted by Crippen LogP contribution is 2.25. The number of fused-ring (bicyclic) bond motifs is 1. The van der Waals surface area contributed by atoms with Gasteiger partial charge in [-0.1, -0.05) is 0 Å². The maximum atomic E-state index is 9.76. The summed E-state index contributed by atoms with van der Waals surface area (Å²) in [6.07, 6.45) is 6.05. The quantitative estimate of drug-likeness (QED) is 0.710. The van der Waals surface area contributed by atoms with Crippen LogP contribution in [0.4, 0.5) is 5.82 Å². The van der Waals surface area contributed by atoms with Gasteiger partial charge in [0.05, 0.1) is 17.5 Å². The molecule has 0 bridgehead atoms. The van der Waals surface area contributed by atoms with E-state index in [1.165, 1.54) is 6.33 Å². The number of anilines is 1. The van der Waals surface area contributed by atoms with Gasteiger partial charge in [-0.2, -0.15) is 0 Å². The van der Waals surface area contributed by atoms with Crippen LogP contribution in [0.3, 0.4) is 0 Å². The predicted molar refractivity (Wildman–Crippen MR) is 61.2 cm³/mol. The van der Waals surface area contributed by atoms with Gasteiger partial charge in [-0.15, -0.1) is 0 Å². The lowest BCUT2D eigenvalue weighted by Gasteiger charge is -2.17. The molecule has 16 heavy (non-hydrogen) atoms. The SMILES string of the molecule is O[C@H]1CCC[C@@H]1Nc1ncnc2[nH]ccc12. The predicted octanol–water partition coefficient (Wildman–Crippen LogP) is 1.28. The number of aromatic amines is 1. The van der Waals surface area contributed by atoms with Gasteiger partial charge in [-0.3, -0.25) is 0 Å². The zero-order valence-electron chi connectivity index (χ0n) is 8.85. The highest BCUT2D eigenvalue weighted by atomic mass is 16.3. The molecule has 3 rings (SSSR count). The summed E-state index contributed by atoms with van der Waals surface area (Å²) in [5.41, 5.74) is 0.824. The molecule has 0 radical (unpaired) electrons. The second-order valence-corrected chi connectivity index (χ2v) is 4.21. The number of hydrogen-bond acceptors (Lipinski definition) is 4. The number of H-pyrrole nitrogens is 1. The molecule has 0 unspecified atom stereocenters. The van der Waals surface area contributed by atoms with Gasteiger partial charge in [-0.05, 0) is 25.3 Å². The zero-order chi connectivity index (χ0) is 11.0. The summed E-state index contributed by atoms with van der Waals surface area (Å²) in [5.74, 6) is 0.803. The van der Waals surface area contributed by atoms with Crippen molar-refractivity contribution in [3.05, 3.63) is 18.6 Å². The van der Waals surface area contributed by atoms with Gasteiger partial charge in [-0.25, -0.2) is 9.97 Å². The summed E-state index contributed by atoms with van der Waals surface area (Å²) < 4.78 is 0. The Morgan fingerprint density at radius 2 is 2.31 bits per heavy atom. The summed E-state index contributed by atoms with van der Waals surface area (Å²) in [5, 5.41) is 14.0. The van der Waals surface area contributed by atoms with E-state index in [0.717, 1.165) is 36.1 Å². The van der Waals surface area contributed by atoms with E-state index in [2.05, 4.69) is 20.3 Å². The lowest BCUT2D eigenvalue weighted by atomic mass is 10.2. The number of hydrogen-bond donors (Lipinski definition) is 3. The fraction of sp³-hybridized carbons (Fsp3) is 0.455. The van der Waals surface area contributed by atoms with Crippen LogP contribution >= 0.6 is 0 Å². The largest absolute Gasteiger partial charge is 0.391 e. The Kier molecular flexibility index (Phi) is 2.25. The molecule has 1 fully saturated rings. The average Bonchev–Trinajstić information content (AvgIpc) is 2.89. The van der Waals surface area contributed by atoms with Crippen molar-refractivity contribution in [3.8, 4) is 0 Å². The molecular formula is C11H14N4O. The lowest BCUT2D eigenvalue weighted by molar-refractivity contribution is 0.171. The fourth-order valence-corrected chi connectivity index (χ4v) is 2.27. The van der Waals surface area contributed by atoms with Gasteiger partial charge >= 0.3 is 0 Å². The number of rotatable bonds is 2. The number of aliphatic hydroxyl groups excluding tert-OH is 1. The van der Waals surface area contributed by atoms with Crippen LogP contribution in [0.2, 0.25) is 0 Å². The fourth-order valence-electron chi connectivity index (χ4n) is 2.27. The normalized spacial score (nSPS) is 25.1. The van der Waals surface area contributed by atoms with Gasteiger partial charge in [0.25, 0.3) is 0 Å². The highest BCUT2D eigenvalue weighted by molar-refractivity contribution is 5.86. The summed E-state index contributed by atoms with van der Waals surface area (Å²) in [6, 6.07) is 2.06. The first-order valence-electron chi connectivity index (χ1n) is 5.57. The van der Waals surface area contributed by atoms with E-state index in [9.17, 15) is 5.11 Å². The molecule has 0 aromatic carbocycles. The van der Waals surface area contributed by atoms with Crippen molar-refractivity contribution in [2.75, 3.05) is 5.32 Å². The molecule has 2 atom stereocenters. The average molecular weight is 218 g/mol. The molecule has 5 nitrogen and oxygen atoms in total. The maximum absolute atomic E-state index is 9.76. The van der Waals surface area contributed by atoms with E-state index >= 15 is 0 Å². The highest BCUT2D eigenvalue weighted by Gasteiger charge is 2.25. The molecule has 1 saturated carbocycles. The minimum Gasteiger partial charge on any atom is -0.391 e. The molecule has 1 aliphatic rings. The first kappa shape index (κ1) is 9.59. The second kappa shape index (κ2) is 3.75. The minimum absolute atomic E-state index is 0.119. The van der Waals surface area contributed by atoms with Crippen molar-refractivity contribution >= 4 is 16.9 Å². The zero-order valence-corrected chi connectivity index (χ0v) is 8.85. The van der Waals surface area contributed by atoms with Gasteiger partial charge in [0.1, 0.15) is 17.8 Å². The van der Waals surface area contributed by atoms with E-state index in [-0.39, 0.29) is 12.1 Å². The summed E-state index contributed by atoms with van der Waals surface area (Å²) in [4.78, 5) is 11.4. The molecule has 0 spiro atoms. The summed E-state index contributed by atoms with van der Waals surface area (Å²) in [6.45, 7) is 0. The summed E-state index contributed by atoms with van der Waals surface area (Å²) in [7, 11) is 0. The minimum atomic E-state index is -0.260. The van der Waals surface area contributed by atoms with Gasteiger partial charge < -0.3 is 15.4 Å². The van der Waals surface area contributed by atoms with Gasteiger partial charge in [0.15, 0.2) is 0 Å². The van der Waals surface area contributed by atoms with Crippen LogP contribution in [0.15, 0.2) is 18.6 Å². The van der Waals surface area contributed by atoms with Crippen LogP contribution in [0.1, 0.15) is 19.3 Å². The molecule has 0 saturated heterocycles. The molecule has 84 valence electrons. The number of aromatic nitrogens is 3. The Balaban J connectivity index is 1.91. The molecular weight excluding hydrogens is 204 g/mol. The third kappa shape index (κ3) is 1.53. The van der Waals surface area contributed by atoms with Crippen LogP contribution in [-0.4, -0.2) is 32.2 Å². The van der Waals surface area contributed by atoms with E-state index in [4.69, 9.17) is 0 Å². The topological polar surface area (TPSA) is 73.8 Å². The van der Waals surface area contributed by atoms with Crippen molar-refractivity contribution < 1.29 is 5.11 Å². The smallest absolute Gasteiger partial charge is 0.142 e. The van der Waals surface area contributed by atoms with Crippen LogP contribution in [0.5, 0.6) is 0 Å². The Morgan fingerprint density at radius 1 is 1.38 bits per heavy atom. The Hall–Kier alpha value is -1.62. The van der Waals surface area contributed by atoms with Crippen LogP contribution in [0.25, 0.3) is 11.0 Å². The van der Waals surface area contributed by atoms with Gasteiger partial charge in [0.2, 0.25) is 0 Å². The third-order valence-corrected chi connectivity index (χ3v) is 3.16. The summed E-state index contributed by atoms with van der Waals surface area (Å²) >= 11 is 0. The van der Waals surface area contributed by atoms with Gasteiger partial charge in [0, 0.05) is 6.20 Å². The molecule has 0 aliphatic heterocycles. The van der Waals surface area contributed by atoms with E-state index in [1.54, 1.807) is 0 Å². The lowest BCUT2D eigenvalue weighted by Crippen LogP contribution is -2.28. The Bertz CT molecular complexity index is 495. The second-order valence-electron chi connectivity index (χ2n) is 4.21. The number of aliphatic hydroxyl groups is 1. The molecule has 0 amide bonds. The first-order chi connectivity index (χ1) is 7.84. The van der Waals surface area contributed by atoms with Crippen LogP contribution in [-0.2, 0) is 0 Å². The van der Waals surface area contributed by atoms with E-state index < -0.39 is 0 Å². The number of nitrogens with one attached hydrogen (secondary N) is 2. The Morgan fingerprint density at radius 3 is 3.12 bits per heavy atom. The van der Waals surface area contributed by atoms with Crippen LogP contribution in [0, 0.1) is 0 Å². The maximum Gasteiger partial charge on any atom is 0.142 e. The van der Waals surface area contributed by atoms with Crippen molar-refractivity contribution in [2.45, 2.75) is 31.4 Å². The van der Waals surface area contributed by atoms with Crippen LogP contribution < -0.4 is 5.32 Å². The molecule has 2 aromatic heterocycles. The van der Waals surface area contributed by atoms with Crippen molar-refractivity contribution in [1.82, 2.24) is 15.0 Å². The van der Waals surface area contributed by atoms with Crippen molar-refractivity contribution in [1.29, 1.82) is 0 Å². The van der Waals surface area contributed by atoms with E-state index in [0.29, 0.717) is 0 Å². The number of nitrogens with zero attached hydrogens (tertiary/aromatic N) is 2. The third-order valence-electron chi connectivity index (χ3n) is 3.16. The molecule has 5 heteroatoms. The standard InChI is InChI=1S/C11H14N4O/c16-9-3-1-2-8(9)15-11-7-4-5-12-10(7)13-6-14-11/h4-6,8-9,16H,1-3H2,(H2,12,13,14,15)/t8-,9-/m0/s1. The van der Waals surface area contributed by atoms with Crippen molar-refractivity contribution in [3.63, 3.8) is 0 Å². The van der Waals surface area contributed by atoms with E-state index in [1.807, 2.05) is 12.3 Å². The van der Waals surface area contributed by atoms with Crippen molar-refractivity contribution in [2.24, 2.45) is 0 Å². The monoisotopic (exact) mass is 218 g/mol. The molecule has 1 aliphatic carbocycles. The molecule has 2 aromatic rings. The first-order valence-corrected chi connectivity index (χ1v) is 5.57. The molecule has 3 N–H and O–H groups in total. The Labute approximate surface area is 92.9 Å². The molecule has 2 heterocycles.